The lowest BCUT2D eigenvalue weighted by Crippen LogP contribution is -2.17. The number of hydrogen-bond donors (Lipinski definition) is 2. The van der Waals surface area contributed by atoms with E-state index in [4.69, 9.17) is 11.6 Å². The largest absolute Gasteiger partial charge is 0.325 e. The van der Waals surface area contributed by atoms with Crippen LogP contribution >= 0.6 is 23.4 Å². The molecular weight excluding hydrogens is 368 g/mol. The normalized spacial score (nSPS) is 11.1. The molecule has 0 saturated carbocycles. The molecule has 0 aliphatic carbocycles. The number of rotatable bonds is 6. The smallest absolute Gasteiger partial charge is 0.262 e. The molecule has 2 N–H and O–H groups in total. The van der Waals surface area contributed by atoms with Crippen molar-refractivity contribution in [3.8, 4) is 0 Å². The maximum atomic E-state index is 12.7. The fraction of sp³-hybridized carbons (Fsp3) is 0.188. The summed E-state index contributed by atoms with van der Waals surface area (Å²) < 4.78 is 27.8. The van der Waals surface area contributed by atoms with Crippen LogP contribution < -0.4 is 10.0 Å². The van der Waals surface area contributed by atoms with Gasteiger partial charge in [0.05, 0.1) is 21.4 Å². The number of sulfonamides is 1. The van der Waals surface area contributed by atoms with E-state index in [1.54, 1.807) is 43.3 Å². The van der Waals surface area contributed by atoms with Crippen LogP contribution in [-0.2, 0) is 14.8 Å². The molecule has 0 bridgehead atoms. The molecule has 2 rings (SSSR count). The van der Waals surface area contributed by atoms with Gasteiger partial charge in [0.25, 0.3) is 10.0 Å². The van der Waals surface area contributed by atoms with E-state index in [9.17, 15) is 13.2 Å². The summed E-state index contributed by atoms with van der Waals surface area (Å²) in [5, 5.41) is 2.99. The number of anilines is 2. The summed E-state index contributed by atoms with van der Waals surface area (Å²) in [6.07, 6.45) is 1.82. The molecule has 2 aromatic rings. The minimum atomic E-state index is -3.83. The predicted molar refractivity (Wildman–Crippen MR) is 100 cm³/mol. The van der Waals surface area contributed by atoms with Gasteiger partial charge in [0.15, 0.2) is 0 Å². The Hall–Kier alpha value is -1.70. The quantitative estimate of drug-likeness (QED) is 0.795. The summed E-state index contributed by atoms with van der Waals surface area (Å²) in [5.74, 6) is 0.113. The number of benzene rings is 2. The van der Waals surface area contributed by atoms with Crippen molar-refractivity contribution in [2.75, 3.05) is 22.0 Å². The van der Waals surface area contributed by atoms with Crippen LogP contribution in [0.15, 0.2) is 47.4 Å². The molecule has 0 atom stereocenters. The Balaban J connectivity index is 2.32. The van der Waals surface area contributed by atoms with Gasteiger partial charge >= 0.3 is 0 Å². The van der Waals surface area contributed by atoms with Crippen molar-refractivity contribution in [1.29, 1.82) is 0 Å². The first kappa shape index (κ1) is 18.6. The third-order valence-corrected chi connectivity index (χ3v) is 5.54. The third-order valence-electron chi connectivity index (χ3n) is 3.16. The van der Waals surface area contributed by atoms with Gasteiger partial charge in [-0.3, -0.25) is 9.52 Å². The molecule has 0 radical (unpaired) electrons. The molecule has 0 spiro atoms. The molecule has 5 nitrogen and oxygen atoms in total. The van der Waals surface area contributed by atoms with Crippen molar-refractivity contribution in [3.63, 3.8) is 0 Å². The molecular formula is C16H17ClN2O3S2. The van der Waals surface area contributed by atoms with E-state index in [2.05, 4.69) is 10.0 Å². The molecule has 8 heteroatoms. The number of nitrogens with one attached hydrogen (secondary N) is 2. The first-order valence-electron chi connectivity index (χ1n) is 7.00. The zero-order chi connectivity index (χ0) is 17.7. The predicted octanol–water partition coefficient (Wildman–Crippen LogP) is 3.75. The van der Waals surface area contributed by atoms with Gasteiger partial charge in [-0.05, 0) is 43.0 Å². The minimum Gasteiger partial charge on any atom is -0.325 e. The SMILES string of the molecule is CSCC(=O)Nc1ccc(C)c(S(=O)(=O)Nc2ccccc2Cl)c1. The molecule has 0 aliphatic heterocycles. The average Bonchev–Trinajstić information content (AvgIpc) is 2.51. The summed E-state index contributed by atoms with van der Waals surface area (Å²) in [7, 11) is -3.83. The number of halogens is 1. The van der Waals surface area contributed by atoms with Gasteiger partial charge in [0, 0.05) is 5.69 Å². The third kappa shape index (κ3) is 4.66. The first-order chi connectivity index (χ1) is 11.3. The summed E-state index contributed by atoms with van der Waals surface area (Å²) in [5.41, 5.74) is 1.30. The standard InChI is InChI=1S/C16H17ClN2O3S2/c1-11-7-8-12(18-16(20)10-23-2)9-15(11)24(21,22)19-14-6-4-3-5-13(14)17/h3-9,19H,10H2,1-2H3,(H,18,20). The van der Waals surface area contributed by atoms with Crippen molar-refractivity contribution < 1.29 is 13.2 Å². The topological polar surface area (TPSA) is 75.3 Å². The lowest BCUT2D eigenvalue weighted by atomic mass is 10.2. The van der Waals surface area contributed by atoms with E-state index in [0.717, 1.165) is 0 Å². The second-order valence-corrected chi connectivity index (χ2v) is 7.97. The Kier molecular flexibility index (Phi) is 6.15. The van der Waals surface area contributed by atoms with Gasteiger partial charge in [-0.2, -0.15) is 11.8 Å². The summed E-state index contributed by atoms with van der Waals surface area (Å²) >= 11 is 7.39. The van der Waals surface area contributed by atoms with Gasteiger partial charge < -0.3 is 5.32 Å². The maximum absolute atomic E-state index is 12.7. The van der Waals surface area contributed by atoms with Gasteiger partial charge in [0.1, 0.15) is 0 Å². The summed E-state index contributed by atoms with van der Waals surface area (Å²) in [6, 6.07) is 11.3. The van der Waals surface area contributed by atoms with Gasteiger partial charge in [-0.1, -0.05) is 29.8 Å². The van der Waals surface area contributed by atoms with Crippen molar-refractivity contribution in [2.24, 2.45) is 0 Å². The highest BCUT2D eigenvalue weighted by Crippen LogP contribution is 2.26. The van der Waals surface area contributed by atoms with Gasteiger partial charge in [0.2, 0.25) is 5.91 Å². The van der Waals surface area contributed by atoms with E-state index in [1.807, 2.05) is 6.26 Å². The van der Waals surface area contributed by atoms with Crippen LogP contribution in [0.4, 0.5) is 11.4 Å². The number of hydrogen-bond acceptors (Lipinski definition) is 4. The number of aryl methyl sites for hydroxylation is 1. The number of para-hydroxylation sites is 1. The van der Waals surface area contributed by atoms with Crippen LogP contribution in [0.1, 0.15) is 5.56 Å². The van der Waals surface area contributed by atoms with E-state index >= 15 is 0 Å². The van der Waals surface area contributed by atoms with Gasteiger partial charge in [-0.15, -0.1) is 0 Å². The number of amides is 1. The molecule has 0 unspecified atom stereocenters. The first-order valence-corrected chi connectivity index (χ1v) is 10.3. The summed E-state index contributed by atoms with van der Waals surface area (Å²) in [4.78, 5) is 11.8. The van der Waals surface area contributed by atoms with E-state index in [1.165, 1.54) is 17.8 Å². The van der Waals surface area contributed by atoms with Crippen molar-refractivity contribution in [1.82, 2.24) is 0 Å². The second-order valence-electron chi connectivity index (χ2n) is 5.05. The molecule has 0 fully saturated rings. The molecule has 0 heterocycles. The van der Waals surface area contributed by atoms with Crippen molar-refractivity contribution >= 4 is 50.7 Å². The number of thioether (sulfide) groups is 1. The molecule has 2 aromatic carbocycles. The molecule has 128 valence electrons. The van der Waals surface area contributed by atoms with Crippen molar-refractivity contribution in [2.45, 2.75) is 11.8 Å². The van der Waals surface area contributed by atoms with E-state index < -0.39 is 10.0 Å². The van der Waals surface area contributed by atoms with Gasteiger partial charge in [-0.25, -0.2) is 8.42 Å². The Morgan fingerprint density at radius 1 is 1.21 bits per heavy atom. The molecule has 0 saturated heterocycles. The molecule has 1 amide bonds. The molecule has 0 aromatic heterocycles. The average molecular weight is 385 g/mol. The monoisotopic (exact) mass is 384 g/mol. The Bertz CT molecular complexity index is 854. The van der Waals surface area contributed by atoms with Crippen LogP contribution in [0.5, 0.6) is 0 Å². The van der Waals surface area contributed by atoms with Crippen molar-refractivity contribution in [3.05, 3.63) is 53.1 Å². The zero-order valence-electron chi connectivity index (χ0n) is 13.2. The Morgan fingerprint density at radius 3 is 2.58 bits per heavy atom. The van der Waals surface area contributed by atoms with E-state index in [-0.39, 0.29) is 10.8 Å². The van der Waals surface area contributed by atoms with Crippen LogP contribution in [0.3, 0.4) is 0 Å². The number of carbonyl (C=O) groups excluding carboxylic acids is 1. The summed E-state index contributed by atoms with van der Waals surface area (Å²) in [6.45, 7) is 1.69. The highest BCUT2D eigenvalue weighted by molar-refractivity contribution is 7.99. The molecule has 24 heavy (non-hydrogen) atoms. The van der Waals surface area contributed by atoms with Crippen LogP contribution in [0, 0.1) is 6.92 Å². The lowest BCUT2D eigenvalue weighted by molar-refractivity contribution is -0.113. The Morgan fingerprint density at radius 2 is 1.92 bits per heavy atom. The maximum Gasteiger partial charge on any atom is 0.262 e. The van der Waals surface area contributed by atoms with E-state index in [0.29, 0.717) is 27.7 Å². The fourth-order valence-corrected chi connectivity index (χ4v) is 3.96. The van der Waals surface area contributed by atoms with Crippen LogP contribution in [0.2, 0.25) is 5.02 Å². The number of carbonyl (C=O) groups is 1. The second kappa shape index (κ2) is 7.92. The Labute approximate surface area is 150 Å². The molecule has 0 aliphatic rings. The highest BCUT2D eigenvalue weighted by atomic mass is 35.5. The zero-order valence-corrected chi connectivity index (χ0v) is 15.6. The van der Waals surface area contributed by atoms with Crippen LogP contribution in [0.25, 0.3) is 0 Å². The minimum absolute atomic E-state index is 0.0874. The van der Waals surface area contributed by atoms with Crippen LogP contribution in [-0.4, -0.2) is 26.3 Å². The fourth-order valence-electron chi connectivity index (χ4n) is 2.04. The highest BCUT2D eigenvalue weighted by Gasteiger charge is 2.19. The lowest BCUT2D eigenvalue weighted by Gasteiger charge is -2.13.